The Morgan fingerprint density at radius 1 is 0.905 bits per heavy atom. The molecule has 2 aromatic heterocycles. The highest BCUT2D eigenvalue weighted by molar-refractivity contribution is 7.13. The topological polar surface area (TPSA) is 82.9 Å². The van der Waals surface area contributed by atoms with Gasteiger partial charge in [0.2, 0.25) is 0 Å². The highest BCUT2D eigenvalue weighted by Gasteiger charge is 2.30. The average molecular weight is 599 g/mol. The largest absolute Gasteiger partial charge is 0.416 e. The van der Waals surface area contributed by atoms with Crippen molar-refractivity contribution in [3.8, 4) is 21.8 Å². The van der Waals surface area contributed by atoms with Crippen LogP contribution in [-0.2, 0) is 19.3 Å². The van der Waals surface area contributed by atoms with Crippen LogP contribution in [0.3, 0.4) is 0 Å². The molecule has 42 heavy (non-hydrogen) atoms. The maximum absolute atomic E-state index is 14.6. The Morgan fingerprint density at radius 3 is 2.17 bits per heavy atom. The Morgan fingerprint density at radius 2 is 1.55 bits per heavy atom. The molecule has 216 valence electrons. The van der Waals surface area contributed by atoms with Gasteiger partial charge in [0.1, 0.15) is 16.6 Å². The predicted molar refractivity (Wildman–Crippen MR) is 150 cm³/mol. The first kappa shape index (κ1) is 29.1. The molecule has 0 aliphatic rings. The lowest BCUT2D eigenvalue weighted by molar-refractivity contribution is -0.137. The first-order chi connectivity index (χ1) is 20.0. The minimum Gasteiger partial charge on any atom is -0.322 e. The summed E-state index contributed by atoms with van der Waals surface area (Å²) in [5.74, 6) is -1.72. The fourth-order valence-corrected chi connectivity index (χ4v) is 5.43. The molecule has 0 fully saturated rings. The van der Waals surface area contributed by atoms with Crippen molar-refractivity contribution >= 4 is 11.3 Å². The van der Waals surface area contributed by atoms with Crippen molar-refractivity contribution in [1.82, 2.24) is 14.1 Å². The third-order valence-corrected chi connectivity index (χ3v) is 7.78. The minimum absolute atomic E-state index is 0.000945. The van der Waals surface area contributed by atoms with Crippen LogP contribution in [0.25, 0.3) is 21.8 Å². The van der Waals surface area contributed by atoms with Gasteiger partial charge >= 0.3 is 11.9 Å². The van der Waals surface area contributed by atoms with Gasteiger partial charge in [0.15, 0.2) is 0 Å². The van der Waals surface area contributed by atoms with Crippen LogP contribution in [0.4, 0.5) is 22.0 Å². The first-order valence-electron chi connectivity index (χ1n) is 12.7. The zero-order chi connectivity index (χ0) is 30.2. The van der Waals surface area contributed by atoms with Gasteiger partial charge in [0, 0.05) is 28.2 Å². The van der Waals surface area contributed by atoms with Gasteiger partial charge in [0.25, 0.3) is 5.56 Å². The van der Waals surface area contributed by atoms with E-state index in [1.807, 2.05) is 0 Å². The van der Waals surface area contributed by atoms with Crippen molar-refractivity contribution in [3.05, 3.63) is 133 Å². The summed E-state index contributed by atoms with van der Waals surface area (Å²) in [6, 6.07) is 15.8. The lowest BCUT2D eigenvalue weighted by Crippen LogP contribution is -2.44. The SMILES string of the molecule is Cc1c(-c2csc(-c3ccc(C(F)(F)F)cc3)n2)c(=O)n(C[C@H](N)c2ccccc2)c(=O)n1Cc1c(F)cccc1F. The Kier molecular flexibility index (Phi) is 7.93. The molecule has 2 heterocycles. The highest BCUT2D eigenvalue weighted by Crippen LogP contribution is 2.33. The maximum Gasteiger partial charge on any atom is 0.416 e. The van der Waals surface area contributed by atoms with E-state index in [0.29, 0.717) is 16.1 Å². The van der Waals surface area contributed by atoms with Crippen LogP contribution in [-0.4, -0.2) is 14.1 Å². The normalized spacial score (nSPS) is 12.5. The van der Waals surface area contributed by atoms with E-state index in [4.69, 9.17) is 5.73 Å². The summed E-state index contributed by atoms with van der Waals surface area (Å²) in [5.41, 5.74) is 4.97. The Labute approximate surface area is 240 Å². The Bertz CT molecular complexity index is 1840. The Balaban J connectivity index is 1.64. The number of halogens is 5. The van der Waals surface area contributed by atoms with Crippen molar-refractivity contribution in [2.45, 2.75) is 32.2 Å². The van der Waals surface area contributed by atoms with E-state index >= 15 is 0 Å². The number of alkyl halides is 3. The van der Waals surface area contributed by atoms with Crippen molar-refractivity contribution in [1.29, 1.82) is 0 Å². The smallest absolute Gasteiger partial charge is 0.322 e. The molecule has 0 bridgehead atoms. The number of aromatic nitrogens is 3. The van der Waals surface area contributed by atoms with Gasteiger partial charge < -0.3 is 5.73 Å². The van der Waals surface area contributed by atoms with Gasteiger partial charge in [-0.1, -0.05) is 48.5 Å². The lowest BCUT2D eigenvalue weighted by Gasteiger charge is -2.19. The van der Waals surface area contributed by atoms with Crippen LogP contribution in [0.2, 0.25) is 0 Å². The molecule has 5 rings (SSSR count). The van der Waals surface area contributed by atoms with E-state index in [2.05, 4.69) is 4.98 Å². The molecule has 0 spiro atoms. The molecular formula is C30H23F5N4O2S. The zero-order valence-corrected chi connectivity index (χ0v) is 22.8. The van der Waals surface area contributed by atoms with Crippen LogP contribution < -0.4 is 17.0 Å². The fourth-order valence-electron chi connectivity index (χ4n) is 4.61. The number of nitrogens with two attached hydrogens (primary N) is 1. The van der Waals surface area contributed by atoms with Crippen LogP contribution in [0.5, 0.6) is 0 Å². The highest BCUT2D eigenvalue weighted by atomic mass is 32.1. The van der Waals surface area contributed by atoms with Crippen LogP contribution in [0.1, 0.15) is 28.4 Å². The summed E-state index contributed by atoms with van der Waals surface area (Å²) in [6.45, 7) is 0.729. The van der Waals surface area contributed by atoms with Gasteiger partial charge in [-0.2, -0.15) is 13.2 Å². The fraction of sp³-hybridized carbons (Fsp3) is 0.167. The molecule has 12 heteroatoms. The molecule has 0 amide bonds. The van der Waals surface area contributed by atoms with E-state index in [9.17, 15) is 31.5 Å². The molecule has 5 aromatic rings. The summed E-state index contributed by atoms with van der Waals surface area (Å²) in [5, 5.41) is 1.87. The number of nitrogens with zero attached hydrogens (tertiary/aromatic N) is 3. The van der Waals surface area contributed by atoms with E-state index < -0.39 is 47.2 Å². The maximum atomic E-state index is 14.6. The third kappa shape index (κ3) is 5.68. The number of rotatable bonds is 7. The van der Waals surface area contributed by atoms with Crippen LogP contribution in [0.15, 0.2) is 87.8 Å². The summed E-state index contributed by atoms with van der Waals surface area (Å²) >= 11 is 1.09. The minimum atomic E-state index is -4.50. The van der Waals surface area contributed by atoms with E-state index in [-0.39, 0.29) is 29.1 Å². The monoisotopic (exact) mass is 598 g/mol. The van der Waals surface area contributed by atoms with Crippen molar-refractivity contribution < 1.29 is 22.0 Å². The number of benzene rings is 3. The van der Waals surface area contributed by atoms with Gasteiger partial charge in [-0.15, -0.1) is 11.3 Å². The van der Waals surface area contributed by atoms with Gasteiger partial charge in [-0.3, -0.25) is 13.9 Å². The quantitative estimate of drug-likeness (QED) is 0.228. The molecule has 1 atom stereocenters. The molecule has 0 aliphatic carbocycles. The Hall–Kier alpha value is -4.42. The van der Waals surface area contributed by atoms with E-state index in [0.717, 1.165) is 44.7 Å². The summed E-state index contributed by atoms with van der Waals surface area (Å²) in [6.07, 6.45) is -4.50. The molecule has 0 radical (unpaired) electrons. The molecule has 3 aromatic carbocycles. The lowest BCUT2D eigenvalue weighted by atomic mass is 10.1. The third-order valence-electron chi connectivity index (χ3n) is 6.89. The van der Waals surface area contributed by atoms with E-state index in [1.54, 1.807) is 30.3 Å². The average Bonchev–Trinajstić information content (AvgIpc) is 3.44. The van der Waals surface area contributed by atoms with Gasteiger partial charge in [0.05, 0.1) is 29.9 Å². The summed E-state index contributed by atoms with van der Waals surface area (Å²) in [4.78, 5) is 31.9. The predicted octanol–water partition coefficient (Wildman–Crippen LogP) is 6.15. The molecule has 0 saturated heterocycles. The first-order valence-corrected chi connectivity index (χ1v) is 13.5. The van der Waals surface area contributed by atoms with E-state index in [1.165, 1.54) is 30.5 Å². The van der Waals surface area contributed by atoms with Crippen molar-refractivity contribution in [3.63, 3.8) is 0 Å². The number of hydrogen-bond donors (Lipinski definition) is 1. The molecular weight excluding hydrogens is 575 g/mol. The molecule has 0 unspecified atom stereocenters. The second-order valence-electron chi connectivity index (χ2n) is 9.58. The van der Waals surface area contributed by atoms with Crippen LogP contribution in [0, 0.1) is 18.6 Å². The van der Waals surface area contributed by atoms with Crippen molar-refractivity contribution in [2.75, 3.05) is 0 Å². The second kappa shape index (κ2) is 11.5. The van der Waals surface area contributed by atoms with Gasteiger partial charge in [-0.25, -0.2) is 18.6 Å². The van der Waals surface area contributed by atoms with Gasteiger partial charge in [-0.05, 0) is 36.8 Å². The van der Waals surface area contributed by atoms with Crippen LogP contribution >= 0.6 is 11.3 Å². The number of thiazole rings is 1. The molecule has 0 aliphatic heterocycles. The second-order valence-corrected chi connectivity index (χ2v) is 10.4. The zero-order valence-electron chi connectivity index (χ0n) is 22.0. The molecule has 2 N–H and O–H groups in total. The molecule has 6 nitrogen and oxygen atoms in total. The molecule has 0 saturated carbocycles. The van der Waals surface area contributed by atoms with Crippen molar-refractivity contribution in [2.24, 2.45) is 5.73 Å². The summed E-state index contributed by atoms with van der Waals surface area (Å²) < 4.78 is 70.3. The number of hydrogen-bond acceptors (Lipinski definition) is 5. The standard InChI is InChI=1S/C30H23F5N4O2S/c1-17-26(25-16-42-27(37-25)19-10-12-20(13-11-19)30(33,34)35)28(40)39(15-24(36)18-6-3-2-4-7-18)29(41)38(17)14-21-22(31)8-5-9-23(21)32/h2-13,16,24H,14-15,36H2,1H3/t24-/m0/s1. The summed E-state index contributed by atoms with van der Waals surface area (Å²) in [7, 11) is 0.